The second kappa shape index (κ2) is 7.82. The van der Waals surface area contributed by atoms with Gasteiger partial charge in [-0.15, -0.1) is 6.58 Å². The van der Waals surface area contributed by atoms with Crippen LogP contribution < -0.4 is 5.32 Å². The lowest BCUT2D eigenvalue weighted by atomic mass is 9.98. The molecule has 0 spiro atoms. The maximum Gasteiger partial charge on any atom is 0.0898 e. The van der Waals surface area contributed by atoms with Crippen LogP contribution in [0.25, 0.3) is 0 Å². The minimum Gasteiger partial charge on any atom is -0.389 e. The number of rotatable bonds is 7. The Kier molecular flexibility index (Phi) is 6.69. The first kappa shape index (κ1) is 13.7. The summed E-state index contributed by atoms with van der Waals surface area (Å²) in [7, 11) is 0. The number of aliphatic hydroxyl groups is 1. The molecule has 1 saturated carbocycles. The normalized spacial score (nSPS) is 21.6. The Hall–Kier alpha value is -0.380. The van der Waals surface area contributed by atoms with Crippen molar-refractivity contribution in [2.45, 2.75) is 57.3 Å². The van der Waals surface area contributed by atoms with Gasteiger partial charge in [0.25, 0.3) is 0 Å². The quantitative estimate of drug-likeness (QED) is 0.652. The monoisotopic (exact) mass is 227 g/mol. The van der Waals surface area contributed by atoms with Crippen LogP contribution in [0.5, 0.6) is 0 Å². The van der Waals surface area contributed by atoms with Crippen LogP contribution in [0.3, 0.4) is 0 Å². The summed E-state index contributed by atoms with van der Waals surface area (Å²) in [5, 5.41) is 12.9. The van der Waals surface area contributed by atoms with E-state index in [1.807, 2.05) is 13.0 Å². The van der Waals surface area contributed by atoms with E-state index in [0.717, 1.165) is 12.8 Å². The summed E-state index contributed by atoms with van der Waals surface area (Å²) < 4.78 is 5.69. The van der Waals surface area contributed by atoms with E-state index < -0.39 is 6.10 Å². The fourth-order valence-corrected chi connectivity index (χ4v) is 1.94. The maximum absolute atomic E-state index is 9.70. The van der Waals surface area contributed by atoms with Gasteiger partial charge < -0.3 is 15.2 Å². The molecule has 3 nitrogen and oxygen atoms in total. The van der Waals surface area contributed by atoms with Gasteiger partial charge in [-0.2, -0.15) is 0 Å². The smallest absolute Gasteiger partial charge is 0.0898 e. The Morgan fingerprint density at radius 2 is 2.12 bits per heavy atom. The van der Waals surface area contributed by atoms with Crippen molar-refractivity contribution in [1.29, 1.82) is 0 Å². The van der Waals surface area contributed by atoms with E-state index in [0.29, 0.717) is 19.3 Å². The topological polar surface area (TPSA) is 41.5 Å². The molecule has 0 heterocycles. The van der Waals surface area contributed by atoms with E-state index in [1.54, 1.807) is 0 Å². The zero-order valence-electron chi connectivity index (χ0n) is 10.3. The summed E-state index contributed by atoms with van der Waals surface area (Å²) in [4.78, 5) is 0. The molecule has 1 aliphatic carbocycles. The summed E-state index contributed by atoms with van der Waals surface area (Å²) in [6.07, 6.45) is 7.98. The van der Waals surface area contributed by atoms with Crippen molar-refractivity contribution in [1.82, 2.24) is 5.32 Å². The van der Waals surface area contributed by atoms with Gasteiger partial charge in [0.1, 0.15) is 0 Å². The highest BCUT2D eigenvalue weighted by molar-refractivity contribution is 4.81. The molecule has 0 saturated heterocycles. The molecule has 2 unspecified atom stereocenters. The van der Waals surface area contributed by atoms with E-state index in [-0.39, 0.29) is 6.04 Å². The molecule has 0 bridgehead atoms. The van der Waals surface area contributed by atoms with Gasteiger partial charge in [0.2, 0.25) is 0 Å². The van der Waals surface area contributed by atoms with Gasteiger partial charge in [0.15, 0.2) is 0 Å². The van der Waals surface area contributed by atoms with Gasteiger partial charge in [-0.25, -0.2) is 0 Å². The molecular formula is C13H25NO2. The molecule has 16 heavy (non-hydrogen) atoms. The second-order valence-corrected chi connectivity index (χ2v) is 4.68. The minimum atomic E-state index is -0.413. The first-order valence-corrected chi connectivity index (χ1v) is 6.38. The van der Waals surface area contributed by atoms with Crippen LogP contribution in [0, 0.1) is 0 Å². The molecule has 94 valence electrons. The SMILES string of the molecule is C=CC(C)NCC(O)COC1CCCCC1. The lowest BCUT2D eigenvalue weighted by molar-refractivity contribution is -0.0232. The first-order valence-electron chi connectivity index (χ1n) is 6.38. The van der Waals surface area contributed by atoms with Crippen molar-refractivity contribution in [3.8, 4) is 0 Å². The van der Waals surface area contributed by atoms with E-state index in [9.17, 15) is 5.11 Å². The molecule has 2 N–H and O–H groups in total. The summed E-state index contributed by atoms with van der Waals surface area (Å²) in [6, 6.07) is 0.240. The maximum atomic E-state index is 9.70. The average molecular weight is 227 g/mol. The molecule has 0 radical (unpaired) electrons. The number of hydrogen-bond acceptors (Lipinski definition) is 3. The van der Waals surface area contributed by atoms with Crippen molar-refractivity contribution in [3.63, 3.8) is 0 Å². The lowest BCUT2D eigenvalue weighted by Gasteiger charge is -2.23. The van der Waals surface area contributed by atoms with Gasteiger partial charge >= 0.3 is 0 Å². The molecule has 1 fully saturated rings. The zero-order valence-corrected chi connectivity index (χ0v) is 10.3. The Morgan fingerprint density at radius 3 is 2.75 bits per heavy atom. The molecular weight excluding hydrogens is 202 g/mol. The van der Waals surface area contributed by atoms with Crippen molar-refractivity contribution in [2.75, 3.05) is 13.2 Å². The third-order valence-corrected chi connectivity index (χ3v) is 3.11. The van der Waals surface area contributed by atoms with E-state index in [4.69, 9.17) is 4.74 Å². The second-order valence-electron chi connectivity index (χ2n) is 4.68. The molecule has 1 aliphatic rings. The van der Waals surface area contributed by atoms with Crippen LogP contribution in [0.1, 0.15) is 39.0 Å². The van der Waals surface area contributed by atoms with Crippen molar-refractivity contribution in [3.05, 3.63) is 12.7 Å². The molecule has 0 aromatic rings. The molecule has 0 aromatic heterocycles. The van der Waals surface area contributed by atoms with Crippen LogP contribution in [0.4, 0.5) is 0 Å². The van der Waals surface area contributed by atoms with Crippen molar-refractivity contribution in [2.24, 2.45) is 0 Å². The first-order chi connectivity index (χ1) is 7.72. The van der Waals surface area contributed by atoms with Gasteiger partial charge in [-0.3, -0.25) is 0 Å². The Labute approximate surface area is 98.9 Å². The van der Waals surface area contributed by atoms with Crippen LogP contribution in [-0.2, 0) is 4.74 Å². The highest BCUT2D eigenvalue weighted by Crippen LogP contribution is 2.20. The number of ether oxygens (including phenoxy) is 1. The molecule has 2 atom stereocenters. The Bertz CT molecular complexity index is 190. The number of aliphatic hydroxyl groups excluding tert-OH is 1. The van der Waals surface area contributed by atoms with Crippen LogP contribution in [0.2, 0.25) is 0 Å². The summed E-state index contributed by atoms with van der Waals surface area (Å²) >= 11 is 0. The summed E-state index contributed by atoms with van der Waals surface area (Å²) in [6.45, 7) is 6.71. The van der Waals surface area contributed by atoms with E-state index in [1.165, 1.54) is 19.3 Å². The minimum absolute atomic E-state index is 0.240. The number of hydrogen-bond donors (Lipinski definition) is 2. The fraction of sp³-hybridized carbons (Fsp3) is 0.846. The average Bonchev–Trinajstić information content (AvgIpc) is 2.34. The Balaban J connectivity index is 2.04. The predicted molar refractivity (Wildman–Crippen MR) is 66.5 cm³/mol. The summed E-state index contributed by atoms with van der Waals surface area (Å²) in [5.74, 6) is 0. The van der Waals surface area contributed by atoms with Gasteiger partial charge in [-0.1, -0.05) is 25.3 Å². The van der Waals surface area contributed by atoms with Gasteiger partial charge in [0, 0.05) is 12.6 Å². The van der Waals surface area contributed by atoms with Gasteiger partial charge in [0.05, 0.1) is 18.8 Å². The molecule has 3 heteroatoms. The predicted octanol–water partition coefficient (Wildman–Crippen LogP) is 1.86. The van der Waals surface area contributed by atoms with E-state index >= 15 is 0 Å². The number of nitrogens with one attached hydrogen (secondary N) is 1. The van der Waals surface area contributed by atoms with Crippen molar-refractivity contribution >= 4 is 0 Å². The third kappa shape index (κ3) is 5.64. The molecule has 0 aliphatic heterocycles. The largest absolute Gasteiger partial charge is 0.389 e. The van der Waals surface area contributed by atoms with Gasteiger partial charge in [-0.05, 0) is 19.8 Å². The third-order valence-electron chi connectivity index (χ3n) is 3.11. The highest BCUT2D eigenvalue weighted by Gasteiger charge is 2.15. The molecule has 1 rings (SSSR count). The fourth-order valence-electron chi connectivity index (χ4n) is 1.94. The van der Waals surface area contributed by atoms with Crippen molar-refractivity contribution < 1.29 is 9.84 Å². The lowest BCUT2D eigenvalue weighted by Crippen LogP contribution is -2.36. The molecule has 0 amide bonds. The van der Waals surface area contributed by atoms with Crippen LogP contribution >= 0.6 is 0 Å². The van der Waals surface area contributed by atoms with E-state index in [2.05, 4.69) is 11.9 Å². The highest BCUT2D eigenvalue weighted by atomic mass is 16.5. The summed E-state index contributed by atoms with van der Waals surface area (Å²) in [5.41, 5.74) is 0. The van der Waals surface area contributed by atoms with Crippen LogP contribution in [0.15, 0.2) is 12.7 Å². The standard InChI is InChI=1S/C13H25NO2/c1-3-11(2)14-9-12(15)10-16-13-7-5-4-6-8-13/h3,11-15H,1,4-10H2,2H3. The zero-order chi connectivity index (χ0) is 11.8. The molecule has 0 aromatic carbocycles. The van der Waals surface area contributed by atoms with Crippen LogP contribution in [-0.4, -0.2) is 36.5 Å². The Morgan fingerprint density at radius 1 is 1.44 bits per heavy atom.